The Labute approximate surface area is 153 Å². The number of hydrogen-bond donors (Lipinski definition) is 4. The molecule has 7 nitrogen and oxygen atoms in total. The van der Waals surface area contributed by atoms with Gasteiger partial charge in [0.2, 0.25) is 0 Å². The topological polar surface area (TPSA) is 119 Å². The molecule has 0 bridgehead atoms. The summed E-state index contributed by atoms with van der Waals surface area (Å²) in [5.74, 6) is 0.0697. The maximum atomic E-state index is 11.7. The lowest BCUT2D eigenvalue weighted by molar-refractivity contribution is 0.0996. The van der Waals surface area contributed by atoms with Crippen LogP contribution in [0.4, 0.5) is 17.2 Å². The fourth-order valence-electron chi connectivity index (χ4n) is 3.27. The number of nitrogens with zero attached hydrogens (tertiary/aromatic N) is 2. The van der Waals surface area contributed by atoms with E-state index < -0.39 is 5.91 Å². The van der Waals surface area contributed by atoms with Crippen molar-refractivity contribution in [3.05, 3.63) is 41.9 Å². The number of pyridine rings is 2. The molecule has 2 aromatic heterocycles. The highest BCUT2D eigenvalue weighted by Crippen LogP contribution is 2.25. The molecule has 2 aromatic rings. The summed E-state index contributed by atoms with van der Waals surface area (Å²) in [6, 6.07) is 7.91. The molecule has 3 rings (SSSR count). The Morgan fingerprint density at radius 1 is 1.31 bits per heavy atom. The van der Waals surface area contributed by atoms with Gasteiger partial charge in [0.1, 0.15) is 5.82 Å². The highest BCUT2D eigenvalue weighted by atomic mass is 16.1. The molecule has 7 heteroatoms. The number of hydrogen-bond acceptors (Lipinski definition) is 6. The SMILES string of the molecule is CCc1cccc(Nc2cc(NC3CCCCC3N)cnc2C(N)=O)n1. The van der Waals surface area contributed by atoms with Crippen LogP contribution in [0.15, 0.2) is 30.5 Å². The molecule has 2 atom stereocenters. The van der Waals surface area contributed by atoms with Crippen LogP contribution < -0.4 is 22.1 Å². The number of carbonyl (C=O) groups excluding carboxylic acids is 1. The molecule has 1 saturated carbocycles. The summed E-state index contributed by atoms with van der Waals surface area (Å²) in [5, 5.41) is 6.62. The third-order valence-corrected chi connectivity index (χ3v) is 4.72. The van der Waals surface area contributed by atoms with E-state index >= 15 is 0 Å². The van der Waals surface area contributed by atoms with Gasteiger partial charge < -0.3 is 22.1 Å². The normalized spacial score (nSPS) is 19.8. The first-order valence-electron chi connectivity index (χ1n) is 9.11. The molecule has 2 heterocycles. The van der Waals surface area contributed by atoms with Crippen LogP contribution in [-0.4, -0.2) is 28.0 Å². The Bertz CT molecular complexity index is 778. The van der Waals surface area contributed by atoms with Crippen molar-refractivity contribution in [1.82, 2.24) is 9.97 Å². The summed E-state index contributed by atoms with van der Waals surface area (Å²) in [6.07, 6.45) is 6.84. The molecule has 138 valence electrons. The zero-order chi connectivity index (χ0) is 18.5. The van der Waals surface area contributed by atoms with Gasteiger partial charge in [0.25, 0.3) is 5.91 Å². The van der Waals surface area contributed by atoms with Gasteiger partial charge in [-0.2, -0.15) is 0 Å². The average molecular weight is 354 g/mol. The zero-order valence-electron chi connectivity index (χ0n) is 15.0. The van der Waals surface area contributed by atoms with Crippen LogP contribution in [0.3, 0.4) is 0 Å². The number of primary amides is 1. The van der Waals surface area contributed by atoms with Crippen molar-refractivity contribution in [3.8, 4) is 0 Å². The van der Waals surface area contributed by atoms with Crippen molar-refractivity contribution in [1.29, 1.82) is 0 Å². The van der Waals surface area contributed by atoms with E-state index in [1.54, 1.807) is 6.20 Å². The lowest BCUT2D eigenvalue weighted by Crippen LogP contribution is -2.42. The van der Waals surface area contributed by atoms with Gasteiger partial charge >= 0.3 is 0 Å². The first-order valence-corrected chi connectivity index (χ1v) is 9.11. The van der Waals surface area contributed by atoms with E-state index in [4.69, 9.17) is 11.5 Å². The molecule has 1 amide bonds. The van der Waals surface area contributed by atoms with Gasteiger partial charge in [-0.25, -0.2) is 9.97 Å². The van der Waals surface area contributed by atoms with Crippen molar-refractivity contribution in [2.45, 2.75) is 51.1 Å². The van der Waals surface area contributed by atoms with Gasteiger partial charge in [0.05, 0.1) is 17.6 Å². The van der Waals surface area contributed by atoms with Crippen LogP contribution in [0.5, 0.6) is 0 Å². The second kappa shape index (κ2) is 8.14. The number of nitrogens with one attached hydrogen (secondary N) is 2. The number of aromatic nitrogens is 2. The minimum absolute atomic E-state index is 0.124. The number of anilines is 3. The largest absolute Gasteiger partial charge is 0.379 e. The summed E-state index contributed by atoms with van der Waals surface area (Å²) in [4.78, 5) is 20.5. The minimum Gasteiger partial charge on any atom is -0.379 e. The van der Waals surface area contributed by atoms with Gasteiger partial charge in [-0.15, -0.1) is 0 Å². The standard InChI is InChI=1S/C19H26N6O/c1-2-12-6-5-9-17(24-12)25-16-10-13(11-22-18(16)19(21)26)23-15-8-4-3-7-14(15)20/h5-6,9-11,14-15,23H,2-4,7-8,20H2,1H3,(H2,21,26)(H,24,25). The molecule has 0 radical (unpaired) electrons. The quantitative estimate of drug-likeness (QED) is 0.633. The fourth-order valence-corrected chi connectivity index (χ4v) is 3.27. The highest BCUT2D eigenvalue weighted by molar-refractivity contribution is 5.97. The van der Waals surface area contributed by atoms with Crippen LogP contribution in [0.1, 0.15) is 48.8 Å². The second-order valence-corrected chi connectivity index (χ2v) is 6.68. The predicted molar refractivity (Wildman–Crippen MR) is 104 cm³/mol. The van der Waals surface area contributed by atoms with Crippen LogP contribution in [-0.2, 0) is 6.42 Å². The molecule has 1 fully saturated rings. The maximum absolute atomic E-state index is 11.7. The molecule has 1 aliphatic carbocycles. The first-order chi connectivity index (χ1) is 12.6. The van der Waals surface area contributed by atoms with Crippen molar-refractivity contribution in [2.24, 2.45) is 11.5 Å². The smallest absolute Gasteiger partial charge is 0.269 e. The van der Waals surface area contributed by atoms with E-state index in [2.05, 4.69) is 20.6 Å². The zero-order valence-corrected chi connectivity index (χ0v) is 15.0. The predicted octanol–water partition coefficient (Wildman–Crippen LogP) is 2.56. The van der Waals surface area contributed by atoms with Gasteiger partial charge in [0, 0.05) is 17.8 Å². The molecule has 0 spiro atoms. The van der Waals surface area contributed by atoms with Crippen LogP contribution in [0.25, 0.3) is 0 Å². The second-order valence-electron chi connectivity index (χ2n) is 6.68. The molecular formula is C19H26N6O. The number of carbonyl (C=O) groups is 1. The molecule has 0 aromatic carbocycles. The van der Waals surface area contributed by atoms with E-state index in [1.807, 2.05) is 31.2 Å². The van der Waals surface area contributed by atoms with Crippen LogP contribution >= 0.6 is 0 Å². The summed E-state index contributed by atoms with van der Waals surface area (Å²) in [6.45, 7) is 2.04. The fraction of sp³-hybridized carbons (Fsp3) is 0.421. The average Bonchev–Trinajstić information content (AvgIpc) is 2.64. The van der Waals surface area contributed by atoms with Crippen molar-refractivity contribution < 1.29 is 4.79 Å². The Morgan fingerprint density at radius 3 is 2.85 bits per heavy atom. The molecule has 0 aliphatic heterocycles. The molecule has 0 saturated heterocycles. The lowest BCUT2D eigenvalue weighted by atomic mass is 9.91. The van der Waals surface area contributed by atoms with E-state index in [-0.39, 0.29) is 17.8 Å². The van der Waals surface area contributed by atoms with Gasteiger partial charge in [-0.05, 0) is 37.5 Å². The van der Waals surface area contributed by atoms with E-state index in [1.165, 1.54) is 6.42 Å². The van der Waals surface area contributed by atoms with Crippen LogP contribution in [0, 0.1) is 0 Å². The summed E-state index contributed by atoms with van der Waals surface area (Å²) in [7, 11) is 0. The van der Waals surface area contributed by atoms with E-state index in [0.717, 1.165) is 37.1 Å². The summed E-state index contributed by atoms with van der Waals surface area (Å²) >= 11 is 0. The Balaban J connectivity index is 1.85. The number of nitrogens with two attached hydrogens (primary N) is 2. The Morgan fingerprint density at radius 2 is 2.12 bits per heavy atom. The number of rotatable bonds is 6. The molecule has 2 unspecified atom stereocenters. The van der Waals surface area contributed by atoms with Crippen LogP contribution in [0.2, 0.25) is 0 Å². The third-order valence-electron chi connectivity index (χ3n) is 4.72. The molecular weight excluding hydrogens is 328 g/mol. The third kappa shape index (κ3) is 4.29. The first kappa shape index (κ1) is 18.1. The highest BCUT2D eigenvalue weighted by Gasteiger charge is 2.22. The van der Waals surface area contributed by atoms with E-state index in [0.29, 0.717) is 11.5 Å². The minimum atomic E-state index is -0.583. The number of amides is 1. The summed E-state index contributed by atoms with van der Waals surface area (Å²) < 4.78 is 0. The van der Waals surface area contributed by atoms with Crippen molar-refractivity contribution in [3.63, 3.8) is 0 Å². The molecule has 26 heavy (non-hydrogen) atoms. The van der Waals surface area contributed by atoms with Crippen molar-refractivity contribution >= 4 is 23.1 Å². The van der Waals surface area contributed by atoms with Gasteiger partial charge in [-0.1, -0.05) is 25.8 Å². The lowest BCUT2D eigenvalue weighted by Gasteiger charge is -2.30. The monoisotopic (exact) mass is 354 g/mol. The van der Waals surface area contributed by atoms with Gasteiger partial charge in [-0.3, -0.25) is 4.79 Å². The maximum Gasteiger partial charge on any atom is 0.269 e. The van der Waals surface area contributed by atoms with Crippen molar-refractivity contribution in [2.75, 3.05) is 10.6 Å². The number of aryl methyl sites for hydroxylation is 1. The Hall–Kier alpha value is -2.67. The molecule has 6 N–H and O–H groups in total. The Kier molecular flexibility index (Phi) is 5.68. The van der Waals surface area contributed by atoms with Gasteiger partial charge in [0.15, 0.2) is 5.69 Å². The van der Waals surface area contributed by atoms with E-state index in [9.17, 15) is 4.79 Å². The molecule has 1 aliphatic rings. The summed E-state index contributed by atoms with van der Waals surface area (Å²) in [5.41, 5.74) is 14.2.